The molecule has 0 aliphatic rings. The van der Waals surface area contributed by atoms with Crippen LogP contribution >= 0.6 is 0 Å². The molecule has 0 aliphatic carbocycles. The summed E-state index contributed by atoms with van der Waals surface area (Å²) >= 11 is 0. The zero-order valence-corrected chi connectivity index (χ0v) is 11.8. The van der Waals surface area contributed by atoms with Crippen molar-refractivity contribution in [1.82, 2.24) is 10.1 Å². The van der Waals surface area contributed by atoms with E-state index in [2.05, 4.69) is 10.1 Å². The van der Waals surface area contributed by atoms with Crippen LogP contribution in [0.3, 0.4) is 0 Å². The van der Waals surface area contributed by atoms with E-state index in [4.69, 9.17) is 14.4 Å². The molecule has 0 radical (unpaired) electrons. The number of hydrogen-bond acceptors (Lipinski definition) is 5. The molecule has 1 heterocycles. The fourth-order valence-corrected chi connectivity index (χ4v) is 1.78. The predicted molar refractivity (Wildman–Crippen MR) is 68.7 cm³/mol. The van der Waals surface area contributed by atoms with E-state index >= 15 is 0 Å². The number of unbranched alkanes of at least 4 members (excludes halogenated alkanes) is 1. The van der Waals surface area contributed by atoms with Crippen molar-refractivity contribution in [3.8, 4) is 0 Å². The number of carbonyl (C=O) groups is 1. The molecule has 6 nitrogen and oxygen atoms in total. The van der Waals surface area contributed by atoms with Crippen molar-refractivity contribution in [2.24, 2.45) is 5.92 Å². The summed E-state index contributed by atoms with van der Waals surface area (Å²) in [6.45, 7) is 6.63. The Balaban J connectivity index is 2.48. The van der Waals surface area contributed by atoms with Crippen molar-refractivity contribution in [3.63, 3.8) is 0 Å². The number of rotatable bonds is 9. The van der Waals surface area contributed by atoms with Crippen molar-refractivity contribution in [2.75, 3.05) is 6.61 Å². The van der Waals surface area contributed by atoms with Gasteiger partial charge in [-0.15, -0.1) is 0 Å². The minimum Gasteiger partial charge on any atom is -0.481 e. The summed E-state index contributed by atoms with van der Waals surface area (Å²) in [6.07, 6.45) is 1.98. The Bertz CT molecular complexity index is 390. The van der Waals surface area contributed by atoms with E-state index in [9.17, 15) is 4.79 Å². The Labute approximate surface area is 113 Å². The zero-order valence-electron chi connectivity index (χ0n) is 11.8. The molecule has 1 unspecified atom stereocenters. The van der Waals surface area contributed by atoms with Crippen LogP contribution in [-0.4, -0.2) is 27.8 Å². The molecule has 0 saturated carbocycles. The molecule has 0 saturated heterocycles. The second-order valence-electron chi connectivity index (χ2n) is 4.77. The number of carboxylic acid groups (broad SMARTS) is 1. The van der Waals surface area contributed by atoms with Gasteiger partial charge in [-0.05, 0) is 25.7 Å². The quantitative estimate of drug-likeness (QED) is 0.694. The van der Waals surface area contributed by atoms with E-state index in [-0.39, 0.29) is 18.4 Å². The van der Waals surface area contributed by atoms with Crippen LogP contribution in [0.1, 0.15) is 57.9 Å². The first-order valence-corrected chi connectivity index (χ1v) is 6.70. The number of aliphatic carboxylic acids is 1. The summed E-state index contributed by atoms with van der Waals surface area (Å²) < 4.78 is 10.8. The topological polar surface area (TPSA) is 85.5 Å². The number of aromatic nitrogens is 2. The van der Waals surface area contributed by atoms with Crippen molar-refractivity contribution >= 4 is 5.97 Å². The van der Waals surface area contributed by atoms with Gasteiger partial charge in [0.15, 0.2) is 0 Å². The fourth-order valence-electron chi connectivity index (χ4n) is 1.78. The van der Waals surface area contributed by atoms with E-state index in [0.29, 0.717) is 31.2 Å². The Morgan fingerprint density at radius 1 is 1.42 bits per heavy atom. The van der Waals surface area contributed by atoms with Gasteiger partial charge in [-0.3, -0.25) is 4.79 Å². The van der Waals surface area contributed by atoms with Gasteiger partial charge in [0.05, 0.1) is 0 Å². The first kappa shape index (κ1) is 15.6. The molecule has 1 aromatic rings. The van der Waals surface area contributed by atoms with Crippen molar-refractivity contribution in [2.45, 2.75) is 52.6 Å². The van der Waals surface area contributed by atoms with Crippen LogP contribution in [0, 0.1) is 5.92 Å². The summed E-state index contributed by atoms with van der Waals surface area (Å²) in [4.78, 5) is 14.7. The number of hydrogen-bond donors (Lipinski definition) is 1. The summed E-state index contributed by atoms with van der Waals surface area (Å²) in [5.41, 5.74) is 0. The van der Waals surface area contributed by atoms with E-state index in [1.54, 1.807) is 0 Å². The minimum absolute atomic E-state index is 0.151. The molecule has 108 valence electrons. The summed E-state index contributed by atoms with van der Waals surface area (Å²) in [6, 6.07) is 0. The van der Waals surface area contributed by atoms with Crippen LogP contribution in [0.2, 0.25) is 0 Å². The van der Waals surface area contributed by atoms with Gasteiger partial charge in [0.25, 0.3) is 0 Å². The summed E-state index contributed by atoms with van der Waals surface area (Å²) in [5, 5.41) is 12.5. The van der Waals surface area contributed by atoms with Crippen LogP contribution in [0.25, 0.3) is 0 Å². The van der Waals surface area contributed by atoms with Gasteiger partial charge < -0.3 is 14.4 Å². The number of aryl methyl sites for hydroxylation is 1. The highest BCUT2D eigenvalue weighted by Gasteiger charge is 2.21. The molecule has 1 aromatic heterocycles. The summed E-state index contributed by atoms with van der Waals surface area (Å²) in [5.74, 6) is 0.621. The van der Waals surface area contributed by atoms with Gasteiger partial charge in [-0.2, -0.15) is 4.98 Å². The van der Waals surface area contributed by atoms with Gasteiger partial charge in [0, 0.05) is 19.4 Å². The van der Waals surface area contributed by atoms with Crippen LogP contribution in [0.5, 0.6) is 0 Å². The molecule has 6 heteroatoms. The molecule has 0 spiro atoms. The lowest BCUT2D eigenvalue weighted by molar-refractivity contribution is -0.137. The average Bonchev–Trinajstić information content (AvgIpc) is 2.79. The highest BCUT2D eigenvalue weighted by molar-refractivity contribution is 5.66. The fraction of sp³-hybridized carbons (Fsp3) is 0.769. The Hall–Kier alpha value is -1.43. The zero-order chi connectivity index (χ0) is 14.3. The van der Waals surface area contributed by atoms with Crippen molar-refractivity contribution < 1.29 is 19.2 Å². The van der Waals surface area contributed by atoms with Gasteiger partial charge in [0.1, 0.15) is 6.10 Å². The van der Waals surface area contributed by atoms with E-state index < -0.39 is 5.97 Å². The lowest BCUT2D eigenvalue weighted by Crippen LogP contribution is -2.12. The monoisotopic (exact) mass is 270 g/mol. The molecule has 19 heavy (non-hydrogen) atoms. The molecule has 0 fully saturated rings. The average molecular weight is 270 g/mol. The second kappa shape index (κ2) is 7.89. The third kappa shape index (κ3) is 5.38. The largest absolute Gasteiger partial charge is 0.481 e. The van der Waals surface area contributed by atoms with E-state index in [1.807, 2.05) is 20.8 Å². The second-order valence-corrected chi connectivity index (χ2v) is 4.77. The highest BCUT2D eigenvalue weighted by Crippen LogP contribution is 2.23. The third-order valence-electron chi connectivity index (χ3n) is 2.72. The molecule has 1 atom stereocenters. The van der Waals surface area contributed by atoms with Crippen LogP contribution in [0.4, 0.5) is 0 Å². The maximum atomic E-state index is 10.4. The summed E-state index contributed by atoms with van der Waals surface area (Å²) in [7, 11) is 0. The molecule has 0 aliphatic heterocycles. The Morgan fingerprint density at radius 3 is 2.74 bits per heavy atom. The van der Waals surface area contributed by atoms with Crippen LogP contribution < -0.4 is 0 Å². The van der Waals surface area contributed by atoms with Crippen LogP contribution in [0.15, 0.2) is 4.52 Å². The predicted octanol–water partition coefficient (Wildman–Crippen LogP) is 2.60. The normalized spacial score (nSPS) is 12.8. The van der Waals surface area contributed by atoms with Gasteiger partial charge >= 0.3 is 5.97 Å². The number of ether oxygens (including phenoxy) is 1. The third-order valence-corrected chi connectivity index (χ3v) is 2.72. The molecular weight excluding hydrogens is 248 g/mol. The van der Waals surface area contributed by atoms with Gasteiger partial charge in [-0.1, -0.05) is 19.0 Å². The molecule has 1 N–H and O–H groups in total. The maximum absolute atomic E-state index is 10.4. The smallest absolute Gasteiger partial charge is 0.303 e. The molecular formula is C13H22N2O4. The lowest BCUT2D eigenvalue weighted by atomic mass is 10.1. The minimum atomic E-state index is -0.776. The standard InChI is InChI=1S/C13H22N2O4/c1-4-18-12(9(2)3)13-14-10(19-15-13)7-5-6-8-11(16)17/h9,12H,4-8H2,1-3H3,(H,16,17). The van der Waals surface area contributed by atoms with Crippen molar-refractivity contribution in [3.05, 3.63) is 11.7 Å². The van der Waals surface area contributed by atoms with Crippen molar-refractivity contribution in [1.29, 1.82) is 0 Å². The number of nitrogens with zero attached hydrogens (tertiary/aromatic N) is 2. The van der Waals surface area contributed by atoms with Gasteiger partial charge in [0.2, 0.25) is 11.7 Å². The Kier molecular flexibility index (Phi) is 6.49. The highest BCUT2D eigenvalue weighted by atomic mass is 16.5. The van der Waals surface area contributed by atoms with E-state index in [1.165, 1.54) is 0 Å². The van der Waals surface area contributed by atoms with E-state index in [0.717, 1.165) is 6.42 Å². The molecule has 0 amide bonds. The molecule has 0 bridgehead atoms. The van der Waals surface area contributed by atoms with Crippen LogP contribution in [-0.2, 0) is 16.0 Å². The maximum Gasteiger partial charge on any atom is 0.303 e. The molecule has 1 rings (SSSR count). The first-order chi connectivity index (χ1) is 9.04. The molecule has 0 aromatic carbocycles. The Morgan fingerprint density at radius 2 is 2.16 bits per heavy atom. The lowest BCUT2D eigenvalue weighted by Gasteiger charge is -2.16. The van der Waals surface area contributed by atoms with Gasteiger partial charge in [-0.25, -0.2) is 0 Å². The SMILES string of the molecule is CCOC(c1noc(CCCCC(=O)O)n1)C(C)C. The number of carboxylic acids is 1. The first-order valence-electron chi connectivity index (χ1n) is 6.70.